The zero-order valence-electron chi connectivity index (χ0n) is 9.02. The van der Waals surface area contributed by atoms with Gasteiger partial charge in [-0.2, -0.15) is 0 Å². The maximum atomic E-state index is 5.50. The van der Waals surface area contributed by atoms with Crippen LogP contribution in [0.15, 0.2) is 13.7 Å². The van der Waals surface area contributed by atoms with Crippen molar-refractivity contribution in [2.24, 2.45) is 0 Å². The van der Waals surface area contributed by atoms with Gasteiger partial charge in [0.2, 0.25) is 0 Å². The van der Waals surface area contributed by atoms with Crippen molar-refractivity contribution in [3.05, 3.63) is 13.7 Å². The second kappa shape index (κ2) is 6.98. The Balaban J connectivity index is 2.93. The van der Waals surface area contributed by atoms with Crippen molar-refractivity contribution in [2.45, 2.75) is 13.8 Å². The highest BCUT2D eigenvalue weighted by Gasteiger charge is 2.25. The monoisotopic (exact) mass is 470 g/mol. The molecule has 0 aromatic carbocycles. The van der Waals surface area contributed by atoms with Crippen molar-refractivity contribution >= 4 is 66.3 Å². The lowest BCUT2D eigenvalue weighted by atomic mass is 10.8. The number of nitrogens with zero attached hydrogens (tertiary/aromatic N) is 2. The van der Waals surface area contributed by atoms with Crippen molar-refractivity contribution in [1.29, 1.82) is 0 Å². The van der Waals surface area contributed by atoms with E-state index in [1.165, 1.54) is 4.85 Å². The Morgan fingerprint density at radius 3 is 2.12 bits per heavy atom. The molecule has 0 N–H and O–H groups in total. The number of aromatic nitrogens is 2. The molecule has 0 aliphatic carbocycles. The fourth-order valence-corrected chi connectivity index (χ4v) is 4.10. The Bertz CT molecular complexity index is 432. The van der Waals surface area contributed by atoms with Gasteiger partial charge in [0.15, 0.2) is 4.60 Å². The molecule has 0 saturated heterocycles. The first-order valence-electron chi connectivity index (χ1n) is 4.62. The van der Waals surface area contributed by atoms with Gasteiger partial charge >= 0.3 is 6.72 Å². The summed E-state index contributed by atoms with van der Waals surface area (Å²) in [7, 11) is 0. The molecule has 5 nitrogen and oxygen atoms in total. The van der Waals surface area contributed by atoms with Gasteiger partial charge < -0.3 is 4.62 Å². The third kappa shape index (κ3) is 4.26. The molecule has 0 amide bonds. The van der Waals surface area contributed by atoms with E-state index in [9.17, 15) is 0 Å². The first-order valence-corrected chi connectivity index (χ1v) is 9.55. The average molecular weight is 473 g/mol. The van der Waals surface area contributed by atoms with Crippen molar-refractivity contribution in [3.63, 3.8) is 0 Å². The van der Waals surface area contributed by atoms with Gasteiger partial charge in [-0.1, -0.05) is 4.85 Å². The normalized spacial score (nSPS) is 11.8. The molecular weight excluding hydrogens is 463 g/mol. The number of hydrogen-bond donors (Lipinski definition) is 0. The van der Waals surface area contributed by atoms with Gasteiger partial charge in [0.1, 0.15) is 4.60 Å². The Kier molecular flexibility index (Phi) is 6.60. The van der Waals surface area contributed by atoms with Crippen LogP contribution in [-0.4, -0.2) is 23.2 Å². The first-order chi connectivity index (χ1) is 7.93. The van der Waals surface area contributed by atoms with E-state index in [0.717, 1.165) is 4.47 Å². The fraction of sp³-hybridized carbons (Fsp3) is 0.571. The van der Waals surface area contributed by atoms with Gasteiger partial charge in [-0.05, 0) is 61.6 Å². The predicted molar refractivity (Wildman–Crippen MR) is 79.4 cm³/mol. The summed E-state index contributed by atoms with van der Waals surface area (Å²) in [5.41, 5.74) is 0. The standard InChI is InChI=1S/C7H10Br3N2O3PS/c1-3-13-16(17,14-4-2)15-12-7(10)5(8)6(9)11-12/h3-4H2,1-2H3. The van der Waals surface area contributed by atoms with E-state index in [-0.39, 0.29) is 0 Å². The molecule has 1 heterocycles. The van der Waals surface area contributed by atoms with Crippen LogP contribution >= 0.6 is 54.5 Å². The molecule has 17 heavy (non-hydrogen) atoms. The number of hydrogen-bond acceptors (Lipinski definition) is 5. The van der Waals surface area contributed by atoms with Crippen LogP contribution in [0.25, 0.3) is 0 Å². The van der Waals surface area contributed by atoms with Gasteiger partial charge in [0.25, 0.3) is 0 Å². The maximum Gasteiger partial charge on any atom is 0.402 e. The smallest absolute Gasteiger partial charge is 0.314 e. The lowest BCUT2D eigenvalue weighted by Crippen LogP contribution is -2.14. The van der Waals surface area contributed by atoms with Crippen molar-refractivity contribution in [3.8, 4) is 0 Å². The lowest BCUT2D eigenvalue weighted by molar-refractivity contribution is 0.134. The Morgan fingerprint density at radius 2 is 1.76 bits per heavy atom. The van der Waals surface area contributed by atoms with Crippen LogP contribution in [0.1, 0.15) is 13.8 Å². The molecule has 1 aromatic rings. The quantitative estimate of drug-likeness (QED) is 0.588. The van der Waals surface area contributed by atoms with Crippen LogP contribution in [0, 0.1) is 0 Å². The summed E-state index contributed by atoms with van der Waals surface area (Å²) in [4.78, 5) is 1.24. The van der Waals surface area contributed by atoms with E-state index >= 15 is 0 Å². The minimum atomic E-state index is -2.81. The second-order valence-electron chi connectivity index (χ2n) is 2.63. The molecule has 0 saturated carbocycles. The topological polar surface area (TPSA) is 45.5 Å². The molecule has 0 unspecified atom stereocenters. The third-order valence-electron chi connectivity index (χ3n) is 1.46. The average Bonchev–Trinajstić information content (AvgIpc) is 2.47. The highest BCUT2D eigenvalue weighted by atomic mass is 79.9. The van der Waals surface area contributed by atoms with Crippen LogP contribution in [0.5, 0.6) is 0 Å². The van der Waals surface area contributed by atoms with E-state index in [1.807, 2.05) is 13.8 Å². The van der Waals surface area contributed by atoms with Crippen molar-refractivity contribution in [1.82, 2.24) is 9.94 Å². The summed E-state index contributed by atoms with van der Waals surface area (Å²) in [6.07, 6.45) is 0. The lowest BCUT2D eigenvalue weighted by Gasteiger charge is -2.20. The van der Waals surface area contributed by atoms with Crippen LogP contribution in [0.3, 0.4) is 0 Å². The van der Waals surface area contributed by atoms with E-state index < -0.39 is 6.72 Å². The number of rotatable bonds is 6. The largest absolute Gasteiger partial charge is 0.402 e. The predicted octanol–water partition coefficient (Wildman–Crippen LogP) is 3.90. The molecule has 0 atom stereocenters. The van der Waals surface area contributed by atoms with Crippen molar-refractivity contribution < 1.29 is 13.7 Å². The summed E-state index contributed by atoms with van der Waals surface area (Å²) >= 11 is 15.1. The molecule has 0 fully saturated rings. The molecule has 0 aliphatic heterocycles. The van der Waals surface area contributed by atoms with E-state index in [0.29, 0.717) is 22.4 Å². The zero-order valence-corrected chi connectivity index (χ0v) is 15.5. The summed E-state index contributed by atoms with van der Waals surface area (Å²) in [5.74, 6) is 0. The van der Waals surface area contributed by atoms with Gasteiger partial charge in [0, 0.05) is 11.8 Å². The maximum absolute atomic E-state index is 5.50. The minimum Gasteiger partial charge on any atom is -0.314 e. The molecular formula is C7H10Br3N2O3PS. The summed E-state index contributed by atoms with van der Waals surface area (Å²) in [5, 5.41) is 4.08. The molecule has 0 spiro atoms. The highest BCUT2D eigenvalue weighted by molar-refractivity contribution is 9.14. The second-order valence-corrected chi connectivity index (χ2v) is 7.84. The Labute approximate surface area is 130 Å². The highest BCUT2D eigenvalue weighted by Crippen LogP contribution is 2.47. The Morgan fingerprint density at radius 1 is 1.24 bits per heavy atom. The number of halogens is 3. The van der Waals surface area contributed by atoms with Crippen LogP contribution in [-0.2, 0) is 20.9 Å². The first kappa shape index (κ1) is 16.1. The molecule has 0 radical (unpaired) electrons. The van der Waals surface area contributed by atoms with E-state index in [4.69, 9.17) is 25.5 Å². The van der Waals surface area contributed by atoms with Crippen LogP contribution < -0.4 is 4.62 Å². The minimum absolute atomic E-state index is 0.415. The Hall–Kier alpha value is 1.02. The fourth-order valence-electron chi connectivity index (χ4n) is 0.886. The van der Waals surface area contributed by atoms with Crippen LogP contribution in [0.2, 0.25) is 0 Å². The molecule has 1 aromatic heterocycles. The summed E-state index contributed by atoms with van der Waals surface area (Å²) in [6.45, 7) is 1.67. The SMILES string of the molecule is CCOP(=S)(OCC)On1nc(Br)c(Br)c1Br. The zero-order chi connectivity index (χ0) is 13.1. The summed E-state index contributed by atoms with van der Waals surface area (Å²) in [6, 6.07) is 0. The van der Waals surface area contributed by atoms with Gasteiger partial charge in [0.05, 0.1) is 17.7 Å². The molecule has 10 heteroatoms. The van der Waals surface area contributed by atoms with E-state index in [2.05, 4.69) is 52.9 Å². The third-order valence-corrected chi connectivity index (χ3v) is 6.87. The van der Waals surface area contributed by atoms with Gasteiger partial charge in [-0.15, -0.1) is 5.10 Å². The molecule has 0 bridgehead atoms. The van der Waals surface area contributed by atoms with Crippen molar-refractivity contribution in [2.75, 3.05) is 13.2 Å². The van der Waals surface area contributed by atoms with Gasteiger partial charge in [-0.25, -0.2) is 0 Å². The molecule has 0 aliphatic rings. The summed E-state index contributed by atoms with van der Waals surface area (Å²) < 4.78 is 18.1. The van der Waals surface area contributed by atoms with Gasteiger partial charge in [-0.3, -0.25) is 9.05 Å². The molecule has 98 valence electrons. The van der Waals surface area contributed by atoms with Crippen LogP contribution in [0.4, 0.5) is 0 Å². The molecule has 1 rings (SSSR count). The van der Waals surface area contributed by atoms with E-state index in [1.54, 1.807) is 0 Å².